The lowest BCUT2D eigenvalue weighted by Crippen LogP contribution is -2.02. The lowest BCUT2D eigenvalue weighted by Gasteiger charge is -2.13. The van der Waals surface area contributed by atoms with Gasteiger partial charge in [0.1, 0.15) is 10.8 Å². The fourth-order valence-corrected chi connectivity index (χ4v) is 3.13. The fraction of sp³-hybridized carbons (Fsp3) is 0.150. The summed E-state index contributed by atoms with van der Waals surface area (Å²) in [6.45, 7) is 1.98. The first-order valence-corrected chi connectivity index (χ1v) is 8.92. The van der Waals surface area contributed by atoms with E-state index in [0.29, 0.717) is 22.6 Å². The standard InChI is InChI=1S/C20H18ClN5O2/c1-12-8-16(27-2)17(28-3)10-15(12)24-20-23-11-13-5-7-26(19(13)25-20)14-4-6-22-18(21)9-14/h4-11H,1-3H3,(H,23,24,25). The molecule has 0 fully saturated rings. The van der Waals surface area contributed by atoms with Crippen LogP contribution in [0.15, 0.2) is 48.9 Å². The van der Waals surface area contributed by atoms with Gasteiger partial charge in [-0.15, -0.1) is 0 Å². The molecule has 0 aliphatic rings. The number of hydrogen-bond donors (Lipinski definition) is 1. The summed E-state index contributed by atoms with van der Waals surface area (Å²) >= 11 is 6.03. The third kappa shape index (κ3) is 3.32. The zero-order chi connectivity index (χ0) is 19.7. The molecule has 4 rings (SSSR count). The van der Waals surface area contributed by atoms with Crippen molar-refractivity contribution in [2.24, 2.45) is 0 Å². The van der Waals surface area contributed by atoms with E-state index >= 15 is 0 Å². The number of nitrogens with zero attached hydrogens (tertiary/aromatic N) is 4. The summed E-state index contributed by atoms with van der Waals surface area (Å²) in [4.78, 5) is 13.1. The Morgan fingerprint density at radius 1 is 1.04 bits per heavy atom. The highest BCUT2D eigenvalue weighted by Crippen LogP contribution is 2.34. The summed E-state index contributed by atoms with van der Waals surface area (Å²) in [7, 11) is 3.22. The Hall–Kier alpha value is -3.32. The number of hydrogen-bond acceptors (Lipinski definition) is 6. The van der Waals surface area contributed by atoms with Gasteiger partial charge in [0.15, 0.2) is 11.5 Å². The van der Waals surface area contributed by atoms with Crippen molar-refractivity contribution in [3.8, 4) is 17.2 Å². The van der Waals surface area contributed by atoms with E-state index in [2.05, 4.69) is 20.3 Å². The second kappa shape index (κ2) is 7.36. The molecule has 1 aromatic carbocycles. The van der Waals surface area contributed by atoms with Crippen LogP contribution < -0.4 is 14.8 Å². The monoisotopic (exact) mass is 395 g/mol. The van der Waals surface area contributed by atoms with Crippen molar-refractivity contribution in [3.63, 3.8) is 0 Å². The first-order valence-electron chi connectivity index (χ1n) is 8.54. The maximum atomic E-state index is 6.03. The molecule has 3 aromatic heterocycles. The van der Waals surface area contributed by atoms with Crippen molar-refractivity contribution in [2.45, 2.75) is 6.92 Å². The molecule has 142 valence electrons. The summed E-state index contributed by atoms with van der Waals surface area (Å²) in [5, 5.41) is 4.60. The van der Waals surface area contributed by atoms with Crippen LogP contribution in [0.25, 0.3) is 16.7 Å². The molecule has 0 unspecified atom stereocenters. The summed E-state index contributed by atoms with van der Waals surface area (Å²) in [5.41, 5.74) is 3.46. The SMILES string of the molecule is COc1cc(C)c(Nc2ncc3ccn(-c4ccnc(Cl)c4)c3n2)cc1OC. The Morgan fingerprint density at radius 3 is 2.57 bits per heavy atom. The van der Waals surface area contributed by atoms with Gasteiger partial charge in [-0.25, -0.2) is 9.97 Å². The van der Waals surface area contributed by atoms with Gasteiger partial charge in [0.25, 0.3) is 0 Å². The molecule has 0 aliphatic carbocycles. The number of halogens is 1. The predicted octanol–water partition coefficient (Wildman–Crippen LogP) is 4.54. The predicted molar refractivity (Wildman–Crippen MR) is 109 cm³/mol. The van der Waals surface area contributed by atoms with E-state index in [9.17, 15) is 0 Å². The average Bonchev–Trinajstić information content (AvgIpc) is 3.12. The zero-order valence-electron chi connectivity index (χ0n) is 15.6. The van der Waals surface area contributed by atoms with E-state index in [-0.39, 0.29) is 0 Å². The van der Waals surface area contributed by atoms with Gasteiger partial charge in [0, 0.05) is 35.7 Å². The van der Waals surface area contributed by atoms with Crippen molar-refractivity contribution in [1.82, 2.24) is 19.5 Å². The molecule has 0 saturated carbocycles. The summed E-state index contributed by atoms with van der Waals surface area (Å²) in [6, 6.07) is 9.38. The Morgan fingerprint density at radius 2 is 1.82 bits per heavy atom. The van der Waals surface area contributed by atoms with Crippen LogP contribution in [0, 0.1) is 6.92 Å². The molecular weight excluding hydrogens is 378 g/mol. The largest absolute Gasteiger partial charge is 0.493 e. The number of methoxy groups -OCH3 is 2. The van der Waals surface area contributed by atoms with Gasteiger partial charge in [-0.05, 0) is 36.8 Å². The molecular formula is C20H18ClN5O2. The highest BCUT2D eigenvalue weighted by molar-refractivity contribution is 6.29. The highest BCUT2D eigenvalue weighted by Gasteiger charge is 2.12. The molecule has 1 N–H and O–H groups in total. The number of fused-ring (bicyclic) bond motifs is 1. The van der Waals surface area contributed by atoms with Crippen molar-refractivity contribution < 1.29 is 9.47 Å². The van der Waals surface area contributed by atoms with Crippen LogP contribution in [0.3, 0.4) is 0 Å². The Kier molecular flexibility index (Phi) is 4.75. The van der Waals surface area contributed by atoms with Gasteiger partial charge in [0.05, 0.1) is 19.9 Å². The number of ether oxygens (including phenoxy) is 2. The third-order valence-corrected chi connectivity index (χ3v) is 4.60. The number of nitrogens with one attached hydrogen (secondary N) is 1. The van der Waals surface area contributed by atoms with E-state index < -0.39 is 0 Å². The van der Waals surface area contributed by atoms with Gasteiger partial charge in [0.2, 0.25) is 5.95 Å². The zero-order valence-corrected chi connectivity index (χ0v) is 16.4. The quantitative estimate of drug-likeness (QED) is 0.500. The van der Waals surface area contributed by atoms with Crippen LogP contribution in [0.1, 0.15) is 5.56 Å². The summed E-state index contributed by atoms with van der Waals surface area (Å²) in [5.74, 6) is 1.78. The van der Waals surface area contributed by atoms with E-state index in [1.807, 2.05) is 42.0 Å². The van der Waals surface area contributed by atoms with Gasteiger partial charge < -0.3 is 19.4 Å². The smallest absolute Gasteiger partial charge is 0.229 e. The lowest BCUT2D eigenvalue weighted by atomic mass is 10.1. The number of benzene rings is 1. The summed E-state index contributed by atoms with van der Waals surface area (Å²) in [6.07, 6.45) is 5.37. The maximum absolute atomic E-state index is 6.03. The van der Waals surface area contributed by atoms with Gasteiger partial charge in [-0.3, -0.25) is 0 Å². The molecule has 0 atom stereocenters. The van der Waals surface area contributed by atoms with E-state index in [1.54, 1.807) is 32.7 Å². The Labute approximate surface area is 166 Å². The molecule has 0 amide bonds. The minimum absolute atomic E-state index is 0.424. The molecule has 28 heavy (non-hydrogen) atoms. The van der Waals surface area contributed by atoms with Crippen molar-refractivity contribution in [1.29, 1.82) is 0 Å². The van der Waals surface area contributed by atoms with E-state index in [1.165, 1.54) is 0 Å². The fourth-order valence-electron chi connectivity index (χ4n) is 2.96. The normalized spacial score (nSPS) is 10.9. The maximum Gasteiger partial charge on any atom is 0.229 e. The van der Waals surface area contributed by atoms with Crippen LogP contribution >= 0.6 is 11.6 Å². The number of aryl methyl sites for hydroxylation is 1. The Bertz CT molecular complexity index is 1160. The van der Waals surface area contributed by atoms with Crippen LogP contribution in [-0.2, 0) is 0 Å². The van der Waals surface area contributed by atoms with Crippen LogP contribution in [0.5, 0.6) is 11.5 Å². The second-order valence-electron chi connectivity index (χ2n) is 6.14. The van der Waals surface area contributed by atoms with E-state index in [0.717, 1.165) is 28.0 Å². The van der Waals surface area contributed by atoms with Gasteiger partial charge in [-0.1, -0.05) is 11.6 Å². The molecule has 0 radical (unpaired) electrons. The first kappa shape index (κ1) is 18.1. The van der Waals surface area contributed by atoms with Crippen molar-refractivity contribution in [3.05, 3.63) is 59.6 Å². The molecule has 0 bridgehead atoms. The molecule has 7 nitrogen and oxygen atoms in total. The van der Waals surface area contributed by atoms with Crippen molar-refractivity contribution >= 4 is 34.3 Å². The molecule has 3 heterocycles. The van der Waals surface area contributed by atoms with Crippen LogP contribution in [0.2, 0.25) is 5.15 Å². The third-order valence-electron chi connectivity index (χ3n) is 4.39. The van der Waals surface area contributed by atoms with Crippen molar-refractivity contribution in [2.75, 3.05) is 19.5 Å². The minimum atomic E-state index is 0.424. The number of aromatic nitrogens is 4. The topological polar surface area (TPSA) is 74.1 Å². The second-order valence-corrected chi connectivity index (χ2v) is 6.53. The lowest BCUT2D eigenvalue weighted by molar-refractivity contribution is 0.355. The molecule has 0 aliphatic heterocycles. The molecule has 0 saturated heterocycles. The number of anilines is 2. The van der Waals surface area contributed by atoms with Crippen LogP contribution in [0.4, 0.5) is 11.6 Å². The number of rotatable bonds is 5. The molecule has 8 heteroatoms. The first-order chi connectivity index (χ1) is 13.6. The van der Waals surface area contributed by atoms with Gasteiger partial charge in [-0.2, -0.15) is 4.98 Å². The number of pyridine rings is 1. The summed E-state index contributed by atoms with van der Waals surface area (Å²) < 4.78 is 12.7. The van der Waals surface area contributed by atoms with Crippen LogP contribution in [-0.4, -0.2) is 33.7 Å². The highest BCUT2D eigenvalue weighted by atomic mass is 35.5. The average molecular weight is 396 g/mol. The molecule has 0 spiro atoms. The van der Waals surface area contributed by atoms with Gasteiger partial charge >= 0.3 is 0 Å². The molecule has 4 aromatic rings. The Balaban J connectivity index is 1.74. The van der Waals surface area contributed by atoms with E-state index in [4.69, 9.17) is 21.1 Å². The minimum Gasteiger partial charge on any atom is -0.493 e.